The Labute approximate surface area is 463 Å². The van der Waals surface area contributed by atoms with Gasteiger partial charge in [0.15, 0.2) is 17.4 Å². The van der Waals surface area contributed by atoms with Crippen LogP contribution in [-0.4, -0.2) is 198 Å². The van der Waals surface area contributed by atoms with Gasteiger partial charge in [0.1, 0.15) is 36.6 Å². The van der Waals surface area contributed by atoms with Gasteiger partial charge in [0, 0.05) is 70.1 Å². The summed E-state index contributed by atoms with van der Waals surface area (Å²) in [4.78, 5) is 14.6. The van der Waals surface area contributed by atoms with Gasteiger partial charge in [-0.2, -0.15) is 0 Å². The van der Waals surface area contributed by atoms with Gasteiger partial charge in [-0.15, -0.1) is 0 Å². The van der Waals surface area contributed by atoms with E-state index >= 15 is 0 Å². The predicted molar refractivity (Wildman–Crippen MR) is 274 cm³/mol. The van der Waals surface area contributed by atoms with E-state index in [1.807, 2.05) is 0 Å². The summed E-state index contributed by atoms with van der Waals surface area (Å²) in [6.07, 6.45) is 2.17. The highest BCUT2D eigenvalue weighted by Crippen LogP contribution is 2.58. The zero-order valence-electron chi connectivity index (χ0n) is 46.5. The summed E-state index contributed by atoms with van der Waals surface area (Å²) in [5.41, 5.74) is 2.15. The SMILES string of the molecule is C=C1C[C@H]2CCC34C[C@@H]5O[C@H]6[C@@H](O3)[C@H]3O[C@H](CC[C@H]3O[C@H]6[C@@H]5O4)CC(=O)O[C@@H]3[C@H](C)[C@@H]4O[C@@H]5CC6(C[C@H]7O[C@]8(C[C@H](C)[C@@H]9O[C@H]([C@@H](O)C[C@@H](O)CO)C[C@@H]9O8)C[C@H](C)[C@@H]7O6)O[C@@H]5C[C@@H]4O[C@H]3C[C@H]3O[C@H](CC[C@H]1O2)C[C@@H](C)C3=C. The number of hydrogen-bond donors (Lipinski definition) is 3. The van der Waals surface area contributed by atoms with Crippen LogP contribution in [0.2, 0.25) is 0 Å². The lowest BCUT2D eigenvalue weighted by Gasteiger charge is -2.50. The number of fused-ring (bicyclic) bond motifs is 10. The maximum absolute atomic E-state index is 14.6. The van der Waals surface area contributed by atoms with Crippen molar-refractivity contribution in [2.45, 2.75) is 313 Å². The molecule has 19 heteroatoms. The van der Waals surface area contributed by atoms with Crippen molar-refractivity contribution >= 4 is 5.97 Å². The summed E-state index contributed by atoms with van der Waals surface area (Å²) in [6.45, 7) is 17.4. The highest BCUT2D eigenvalue weighted by molar-refractivity contribution is 5.70. The molecule has 16 rings (SSSR count). The van der Waals surface area contributed by atoms with Crippen LogP contribution in [0, 0.1) is 23.7 Å². The average molecular weight is 1110 g/mol. The molecular weight excluding hydrogens is 1020 g/mol. The summed E-state index contributed by atoms with van der Waals surface area (Å²) in [6, 6.07) is 0. The van der Waals surface area contributed by atoms with Crippen LogP contribution in [0.3, 0.4) is 0 Å². The molecule has 32 atom stereocenters. The van der Waals surface area contributed by atoms with E-state index in [4.69, 9.17) is 71.1 Å². The fourth-order valence-electron chi connectivity index (χ4n) is 18.2. The quantitative estimate of drug-likeness (QED) is 0.251. The number of aliphatic hydroxyl groups excluding tert-OH is 3. The van der Waals surface area contributed by atoms with Crippen molar-refractivity contribution in [1.29, 1.82) is 0 Å². The second-order valence-corrected chi connectivity index (χ2v) is 27.5. The van der Waals surface area contributed by atoms with Crippen LogP contribution in [0.4, 0.5) is 0 Å². The van der Waals surface area contributed by atoms with Crippen LogP contribution in [0.5, 0.6) is 0 Å². The third kappa shape index (κ3) is 9.43. The molecule has 16 fully saturated rings. The third-order valence-corrected chi connectivity index (χ3v) is 21.9. The number of esters is 1. The zero-order valence-corrected chi connectivity index (χ0v) is 46.5. The Kier molecular flexibility index (Phi) is 13.8. The summed E-state index contributed by atoms with van der Waals surface area (Å²) < 4.78 is 104. The van der Waals surface area contributed by atoms with Gasteiger partial charge < -0.3 is 86.4 Å². The van der Waals surface area contributed by atoms with Gasteiger partial charge in [-0.1, -0.05) is 40.9 Å². The second-order valence-electron chi connectivity index (χ2n) is 27.5. The normalized spacial score (nSPS) is 57.2. The fourth-order valence-corrected chi connectivity index (χ4v) is 18.2. The molecule has 12 bridgehead atoms. The van der Waals surface area contributed by atoms with E-state index in [0.717, 1.165) is 49.7 Å². The first kappa shape index (κ1) is 54.0. The molecule has 3 N–H and O–H groups in total. The standard InChI is InChI=1S/C60H86O19/c1-26-13-33-7-9-37-27(2)14-35(65-37)11-12-58-23-46-54(78-58)55-56(72-46)57(79-58)53-38(69-55)10-8-34(67-53)16-48(64)73-52-31(6)51-43(68-42(52)17-39(66-33)30(26)5)19-41-45(71-51)22-60(74-41)24-47-50(77-60)29(4)21-59(76-47)20-28(3)49-44(75-59)18-40(70-49)36(63)15-32(62)25-61/h26,28-29,31-47,49-57,61-63H,2,5,7-25H2,1,3-4,6H3/t26-,28+,29+,31-,32-,33-,34-,35-,36+,37-,38-,39-,40+,41-,42+,43+,44+,45-,46+,47-,49+,50+,51+,52-,53+,54-,55+,56-,57+,58?,59-,60?/m1/s1. The molecule has 0 amide bonds. The smallest absolute Gasteiger partial charge is 0.308 e. The van der Waals surface area contributed by atoms with E-state index in [-0.39, 0.29) is 146 Å². The zero-order chi connectivity index (χ0) is 54.0. The molecule has 0 aromatic carbocycles. The lowest BCUT2D eigenvalue weighted by atomic mass is 9.79. The Bertz CT molecular complexity index is 2340. The monoisotopic (exact) mass is 1110 g/mol. The lowest BCUT2D eigenvalue weighted by Crippen LogP contribution is -2.62. The number of rotatable bonds is 4. The van der Waals surface area contributed by atoms with Crippen LogP contribution in [0.1, 0.15) is 143 Å². The number of carbonyl (C=O) groups is 1. The number of carbonyl (C=O) groups excluding carboxylic acids is 1. The van der Waals surface area contributed by atoms with Gasteiger partial charge in [-0.05, 0) is 73.8 Å². The maximum atomic E-state index is 14.6. The first-order chi connectivity index (χ1) is 38.0. The highest BCUT2D eigenvalue weighted by atomic mass is 16.8. The predicted octanol–water partition coefficient (Wildman–Crippen LogP) is 4.93. The summed E-state index contributed by atoms with van der Waals surface area (Å²) in [7, 11) is 0. The van der Waals surface area contributed by atoms with E-state index in [0.29, 0.717) is 64.2 Å². The van der Waals surface area contributed by atoms with Crippen LogP contribution in [0.25, 0.3) is 0 Å². The van der Waals surface area contributed by atoms with E-state index in [9.17, 15) is 20.1 Å². The average Bonchev–Trinajstić information content (AvgIpc) is 4.25. The molecule has 0 saturated carbocycles. The van der Waals surface area contributed by atoms with Crippen LogP contribution in [0.15, 0.2) is 24.3 Å². The highest BCUT2D eigenvalue weighted by Gasteiger charge is 2.70. The first-order valence-corrected chi connectivity index (χ1v) is 30.8. The molecule has 16 heterocycles. The van der Waals surface area contributed by atoms with Crippen LogP contribution < -0.4 is 0 Å². The Morgan fingerprint density at radius 1 is 0.506 bits per heavy atom. The lowest BCUT2D eigenvalue weighted by molar-refractivity contribution is -0.347. The number of aliphatic hydroxyl groups is 3. The largest absolute Gasteiger partial charge is 0.459 e. The molecular formula is C60H86O19. The summed E-state index contributed by atoms with van der Waals surface area (Å²) in [5.74, 6) is -2.77. The third-order valence-electron chi connectivity index (χ3n) is 21.9. The Morgan fingerprint density at radius 2 is 1.18 bits per heavy atom. The van der Waals surface area contributed by atoms with Crippen molar-refractivity contribution in [3.63, 3.8) is 0 Å². The molecule has 0 aliphatic carbocycles. The van der Waals surface area contributed by atoms with Gasteiger partial charge >= 0.3 is 5.97 Å². The van der Waals surface area contributed by atoms with E-state index in [1.165, 1.54) is 0 Å². The van der Waals surface area contributed by atoms with Gasteiger partial charge in [0.05, 0.1) is 129 Å². The first-order valence-electron chi connectivity index (χ1n) is 30.8. The number of ether oxygens (including phenoxy) is 15. The van der Waals surface area contributed by atoms with Crippen LogP contribution in [-0.2, 0) is 75.8 Å². The molecule has 16 aliphatic heterocycles. The van der Waals surface area contributed by atoms with Crippen molar-refractivity contribution in [2.24, 2.45) is 23.7 Å². The van der Waals surface area contributed by atoms with Crippen molar-refractivity contribution in [2.75, 3.05) is 6.61 Å². The van der Waals surface area contributed by atoms with Gasteiger partial charge in [-0.3, -0.25) is 4.79 Å². The van der Waals surface area contributed by atoms with Crippen LogP contribution >= 0.6 is 0 Å². The van der Waals surface area contributed by atoms with Crippen molar-refractivity contribution in [1.82, 2.24) is 0 Å². The van der Waals surface area contributed by atoms with E-state index < -0.39 is 72.8 Å². The molecule has 16 aliphatic rings. The van der Waals surface area contributed by atoms with Gasteiger partial charge in [0.2, 0.25) is 0 Å². The molecule has 0 aromatic rings. The van der Waals surface area contributed by atoms with E-state index in [1.54, 1.807) is 0 Å². The maximum Gasteiger partial charge on any atom is 0.308 e. The molecule has 19 nitrogen and oxygen atoms in total. The Hall–Kier alpha value is -1.73. The second kappa shape index (κ2) is 20.2. The van der Waals surface area contributed by atoms with E-state index in [2.05, 4.69) is 40.9 Å². The Balaban J connectivity index is 0.655. The van der Waals surface area contributed by atoms with Crippen molar-refractivity contribution < 1.29 is 91.2 Å². The molecule has 3 spiro atoms. The molecule has 440 valence electrons. The minimum absolute atomic E-state index is 0.0143. The van der Waals surface area contributed by atoms with Crippen molar-refractivity contribution in [3.05, 3.63) is 24.3 Å². The molecule has 2 unspecified atom stereocenters. The summed E-state index contributed by atoms with van der Waals surface area (Å²) >= 11 is 0. The molecule has 0 radical (unpaired) electrons. The Morgan fingerprint density at radius 3 is 2.03 bits per heavy atom. The topological polar surface area (TPSA) is 216 Å². The minimum atomic E-state index is -1.02. The molecule has 16 saturated heterocycles. The number of hydrogen-bond acceptors (Lipinski definition) is 19. The molecule has 0 aromatic heterocycles. The van der Waals surface area contributed by atoms with Gasteiger partial charge in [-0.25, -0.2) is 0 Å². The van der Waals surface area contributed by atoms with Gasteiger partial charge in [0.25, 0.3) is 0 Å². The molecule has 79 heavy (non-hydrogen) atoms. The fraction of sp³-hybridized carbons (Fsp3) is 0.917. The summed E-state index contributed by atoms with van der Waals surface area (Å²) in [5, 5.41) is 30.3. The van der Waals surface area contributed by atoms with Crippen molar-refractivity contribution in [3.8, 4) is 0 Å². The minimum Gasteiger partial charge on any atom is -0.459 e.